The largest absolute Gasteiger partial charge is 0.306 e. The minimum Gasteiger partial charge on any atom is -0.306 e. The minimum absolute atomic E-state index is 0.775. The molecule has 1 aliphatic carbocycles. The van der Waals surface area contributed by atoms with E-state index in [9.17, 15) is 0 Å². The van der Waals surface area contributed by atoms with Gasteiger partial charge in [-0.25, -0.2) is 0 Å². The summed E-state index contributed by atoms with van der Waals surface area (Å²) < 4.78 is 0. The summed E-state index contributed by atoms with van der Waals surface area (Å²) in [5.41, 5.74) is 1.69. The molecule has 0 aromatic rings. The number of hydrogen-bond acceptors (Lipinski definition) is 1. The van der Waals surface area contributed by atoms with Crippen molar-refractivity contribution >= 4 is 0 Å². The molecule has 1 fully saturated rings. The fourth-order valence-electron chi connectivity index (χ4n) is 2.74. The lowest BCUT2D eigenvalue weighted by molar-refractivity contribution is 0.222. The van der Waals surface area contributed by atoms with Crippen LogP contribution in [0.4, 0.5) is 0 Å². The number of hydrogen-bond donors (Lipinski definition) is 0. The Labute approximate surface area is 87.5 Å². The molecule has 0 saturated carbocycles. The lowest BCUT2D eigenvalue weighted by Gasteiger charge is -2.34. The second-order valence-corrected chi connectivity index (χ2v) is 4.83. The van der Waals surface area contributed by atoms with Gasteiger partial charge in [0.25, 0.3) is 0 Å². The summed E-state index contributed by atoms with van der Waals surface area (Å²) in [6.45, 7) is 4.92. The highest BCUT2D eigenvalue weighted by Gasteiger charge is 2.24. The Bertz CT molecular complexity index is 252. The van der Waals surface area contributed by atoms with Crippen LogP contribution in [0.1, 0.15) is 26.2 Å². The van der Waals surface area contributed by atoms with E-state index in [2.05, 4.69) is 37.1 Å². The van der Waals surface area contributed by atoms with Crippen molar-refractivity contribution in [2.75, 3.05) is 20.1 Å². The maximum absolute atomic E-state index is 2.47. The van der Waals surface area contributed by atoms with E-state index in [1.165, 1.54) is 32.4 Å². The highest BCUT2D eigenvalue weighted by molar-refractivity contribution is 5.23. The average Bonchev–Trinajstić information content (AvgIpc) is 2.18. The Morgan fingerprint density at radius 1 is 1.43 bits per heavy atom. The van der Waals surface area contributed by atoms with E-state index in [-0.39, 0.29) is 0 Å². The molecule has 2 rings (SSSR count). The van der Waals surface area contributed by atoms with Crippen LogP contribution in [0.3, 0.4) is 0 Å². The van der Waals surface area contributed by atoms with E-state index in [4.69, 9.17) is 0 Å². The van der Waals surface area contributed by atoms with Gasteiger partial charge in [0.2, 0.25) is 0 Å². The summed E-state index contributed by atoms with van der Waals surface area (Å²) in [6, 6.07) is 0. The molecular weight excluding hydrogens is 170 g/mol. The van der Waals surface area contributed by atoms with Gasteiger partial charge in [-0.15, -0.1) is 0 Å². The Morgan fingerprint density at radius 2 is 2.29 bits per heavy atom. The van der Waals surface area contributed by atoms with Crippen molar-refractivity contribution in [3.05, 3.63) is 23.8 Å². The van der Waals surface area contributed by atoms with E-state index < -0.39 is 0 Å². The molecule has 1 nitrogen and oxygen atoms in total. The molecule has 2 unspecified atom stereocenters. The number of nitrogens with zero attached hydrogens (tertiary/aromatic N) is 1. The first kappa shape index (κ1) is 9.97. The molecule has 0 aromatic carbocycles. The highest BCUT2D eigenvalue weighted by Crippen LogP contribution is 2.31. The summed E-state index contributed by atoms with van der Waals surface area (Å²) in [4.78, 5) is 2.47. The Morgan fingerprint density at radius 3 is 3.00 bits per heavy atom. The van der Waals surface area contributed by atoms with Crippen LogP contribution >= 0.6 is 0 Å². The van der Waals surface area contributed by atoms with Crippen LogP contribution in [0, 0.1) is 11.8 Å². The molecule has 0 amide bonds. The van der Waals surface area contributed by atoms with E-state index in [1.807, 2.05) is 0 Å². The average molecular weight is 191 g/mol. The predicted octanol–water partition coefficient (Wildman–Crippen LogP) is 2.85. The monoisotopic (exact) mass is 191 g/mol. The quantitative estimate of drug-likeness (QED) is 0.616. The van der Waals surface area contributed by atoms with Crippen molar-refractivity contribution in [1.82, 2.24) is 4.90 Å². The van der Waals surface area contributed by atoms with Crippen molar-refractivity contribution < 1.29 is 0 Å². The first-order valence-corrected chi connectivity index (χ1v) is 5.82. The van der Waals surface area contributed by atoms with Crippen molar-refractivity contribution in [2.45, 2.75) is 26.2 Å². The molecule has 0 N–H and O–H groups in total. The van der Waals surface area contributed by atoms with Gasteiger partial charge in [-0.3, -0.25) is 0 Å². The second kappa shape index (κ2) is 4.31. The van der Waals surface area contributed by atoms with Crippen LogP contribution in [0.15, 0.2) is 23.8 Å². The Balaban J connectivity index is 2.05. The lowest BCUT2D eigenvalue weighted by Crippen LogP contribution is -2.34. The molecule has 0 spiro atoms. The summed E-state index contributed by atoms with van der Waals surface area (Å²) in [5, 5.41) is 0. The summed E-state index contributed by atoms with van der Waals surface area (Å²) in [5.74, 6) is 1.60. The van der Waals surface area contributed by atoms with Gasteiger partial charge in [-0.05, 0) is 44.7 Å². The van der Waals surface area contributed by atoms with Gasteiger partial charge in [-0.2, -0.15) is 0 Å². The van der Waals surface area contributed by atoms with Crippen LogP contribution < -0.4 is 0 Å². The van der Waals surface area contributed by atoms with Crippen LogP contribution in [0.2, 0.25) is 0 Å². The van der Waals surface area contributed by atoms with E-state index in [0.717, 1.165) is 11.8 Å². The zero-order valence-electron chi connectivity index (χ0n) is 9.37. The third-order valence-electron chi connectivity index (χ3n) is 3.58. The Kier molecular flexibility index (Phi) is 3.07. The summed E-state index contributed by atoms with van der Waals surface area (Å²) in [7, 11) is 2.25. The van der Waals surface area contributed by atoms with Gasteiger partial charge < -0.3 is 4.90 Å². The zero-order valence-corrected chi connectivity index (χ0v) is 9.37. The molecule has 1 aliphatic heterocycles. The smallest absolute Gasteiger partial charge is 0.00442 e. The number of piperidine rings is 1. The van der Waals surface area contributed by atoms with E-state index >= 15 is 0 Å². The molecule has 1 saturated heterocycles. The molecule has 2 aliphatic rings. The SMILES string of the molecule is CC1CC=CC=C1C1CCCN(C)C1. The predicted molar refractivity (Wildman–Crippen MR) is 61.2 cm³/mol. The molecule has 0 bridgehead atoms. The fraction of sp³-hybridized carbons (Fsp3) is 0.692. The molecule has 1 heterocycles. The zero-order chi connectivity index (χ0) is 9.97. The first-order valence-electron chi connectivity index (χ1n) is 5.82. The van der Waals surface area contributed by atoms with Crippen LogP contribution in [-0.4, -0.2) is 25.0 Å². The van der Waals surface area contributed by atoms with Gasteiger partial charge in [0.1, 0.15) is 0 Å². The van der Waals surface area contributed by atoms with Crippen LogP contribution in [-0.2, 0) is 0 Å². The fourth-order valence-corrected chi connectivity index (χ4v) is 2.74. The van der Waals surface area contributed by atoms with Crippen molar-refractivity contribution in [2.24, 2.45) is 11.8 Å². The maximum atomic E-state index is 2.47. The topological polar surface area (TPSA) is 3.24 Å². The van der Waals surface area contributed by atoms with Gasteiger partial charge in [0, 0.05) is 6.54 Å². The number of rotatable bonds is 1. The minimum atomic E-state index is 0.775. The molecule has 1 heteroatoms. The van der Waals surface area contributed by atoms with Crippen LogP contribution in [0.5, 0.6) is 0 Å². The molecule has 2 atom stereocenters. The molecular formula is C13H21N. The second-order valence-electron chi connectivity index (χ2n) is 4.83. The van der Waals surface area contributed by atoms with Crippen molar-refractivity contribution in [1.29, 1.82) is 0 Å². The third kappa shape index (κ3) is 2.09. The number of allylic oxidation sites excluding steroid dienone is 3. The van der Waals surface area contributed by atoms with Gasteiger partial charge in [0.05, 0.1) is 0 Å². The normalized spacial score (nSPS) is 34.3. The van der Waals surface area contributed by atoms with E-state index in [1.54, 1.807) is 5.57 Å². The van der Waals surface area contributed by atoms with Gasteiger partial charge in [0.15, 0.2) is 0 Å². The third-order valence-corrected chi connectivity index (χ3v) is 3.58. The molecule has 0 radical (unpaired) electrons. The molecule has 14 heavy (non-hydrogen) atoms. The van der Waals surface area contributed by atoms with Crippen molar-refractivity contribution in [3.8, 4) is 0 Å². The summed E-state index contributed by atoms with van der Waals surface area (Å²) >= 11 is 0. The van der Waals surface area contributed by atoms with Gasteiger partial charge in [-0.1, -0.05) is 30.7 Å². The maximum Gasteiger partial charge on any atom is 0.00442 e. The van der Waals surface area contributed by atoms with E-state index in [0.29, 0.717) is 0 Å². The standard InChI is InChI=1S/C13H21N/c1-11-6-3-4-8-13(11)12-7-5-9-14(2)10-12/h3-4,8,11-12H,5-7,9-10H2,1-2H3. The molecule has 0 aromatic heterocycles. The number of likely N-dealkylation sites (tertiary alicyclic amines) is 1. The van der Waals surface area contributed by atoms with Crippen LogP contribution in [0.25, 0.3) is 0 Å². The Hall–Kier alpha value is -0.560. The summed E-state index contributed by atoms with van der Waals surface area (Å²) in [6.07, 6.45) is 10.9. The first-order chi connectivity index (χ1) is 6.77. The lowest BCUT2D eigenvalue weighted by atomic mass is 9.80. The van der Waals surface area contributed by atoms with Gasteiger partial charge >= 0.3 is 0 Å². The molecule has 78 valence electrons. The highest BCUT2D eigenvalue weighted by atomic mass is 15.1. The van der Waals surface area contributed by atoms with Crippen molar-refractivity contribution in [3.63, 3.8) is 0 Å².